The van der Waals surface area contributed by atoms with Crippen molar-refractivity contribution in [2.45, 2.75) is 24.7 Å². The van der Waals surface area contributed by atoms with Gasteiger partial charge in [0.2, 0.25) is 0 Å². The molecular weight excluding hydrogens is 310 g/mol. The molecule has 1 saturated carbocycles. The predicted octanol–water partition coefficient (Wildman–Crippen LogP) is 3.99. The van der Waals surface area contributed by atoms with Crippen molar-refractivity contribution in [1.29, 1.82) is 0 Å². The van der Waals surface area contributed by atoms with Gasteiger partial charge in [0.25, 0.3) is 6.43 Å². The van der Waals surface area contributed by atoms with E-state index in [0.717, 1.165) is 23.3 Å². The third-order valence-corrected chi connectivity index (χ3v) is 4.17. The van der Waals surface area contributed by atoms with E-state index in [-0.39, 0.29) is 17.4 Å². The molecule has 0 saturated heterocycles. The number of hydrogen-bond donors (Lipinski definition) is 0. The van der Waals surface area contributed by atoms with E-state index in [4.69, 9.17) is 11.6 Å². The number of rotatable bonds is 3. The van der Waals surface area contributed by atoms with Crippen LogP contribution in [-0.2, 0) is 0 Å². The van der Waals surface area contributed by atoms with Gasteiger partial charge in [0.1, 0.15) is 5.15 Å². The molecule has 22 heavy (non-hydrogen) atoms. The van der Waals surface area contributed by atoms with Gasteiger partial charge in [0.15, 0.2) is 5.65 Å². The van der Waals surface area contributed by atoms with Crippen LogP contribution in [0.5, 0.6) is 0 Å². The molecular formula is C15H11ClF2N4. The minimum Gasteiger partial charge on any atom is -0.260 e. The molecule has 0 spiro atoms. The van der Waals surface area contributed by atoms with Crippen LogP contribution in [0.3, 0.4) is 0 Å². The molecule has 7 heteroatoms. The summed E-state index contributed by atoms with van der Waals surface area (Å²) in [5.74, 6) is 0.459. The smallest absolute Gasteiger partial charge is 0.260 e. The Morgan fingerprint density at radius 1 is 1.23 bits per heavy atom. The molecule has 3 heterocycles. The van der Waals surface area contributed by atoms with Crippen LogP contribution in [0.1, 0.15) is 41.5 Å². The van der Waals surface area contributed by atoms with Crippen molar-refractivity contribution in [3.05, 3.63) is 58.8 Å². The van der Waals surface area contributed by atoms with E-state index in [1.54, 1.807) is 23.0 Å². The van der Waals surface area contributed by atoms with Gasteiger partial charge in [0, 0.05) is 41.3 Å². The highest BCUT2D eigenvalue weighted by atomic mass is 35.5. The molecule has 1 fully saturated rings. The molecule has 3 aromatic rings. The second kappa shape index (κ2) is 4.98. The Labute approximate surface area is 129 Å². The molecule has 112 valence electrons. The van der Waals surface area contributed by atoms with E-state index in [1.807, 2.05) is 6.07 Å². The van der Waals surface area contributed by atoms with Crippen molar-refractivity contribution in [1.82, 2.24) is 19.6 Å². The van der Waals surface area contributed by atoms with Crippen molar-refractivity contribution >= 4 is 17.2 Å². The average Bonchev–Trinajstić information content (AvgIpc) is 3.17. The molecule has 0 amide bonds. The van der Waals surface area contributed by atoms with Gasteiger partial charge in [-0.3, -0.25) is 4.98 Å². The molecule has 0 unspecified atom stereocenters. The van der Waals surface area contributed by atoms with Gasteiger partial charge in [-0.05, 0) is 30.5 Å². The van der Waals surface area contributed by atoms with E-state index in [2.05, 4.69) is 15.1 Å². The van der Waals surface area contributed by atoms with Crippen molar-refractivity contribution in [3.8, 4) is 0 Å². The lowest BCUT2D eigenvalue weighted by Crippen LogP contribution is -1.97. The fraction of sp³-hybridized carbons (Fsp3) is 0.267. The Morgan fingerprint density at radius 2 is 2.09 bits per heavy atom. The number of halogens is 3. The topological polar surface area (TPSA) is 43.1 Å². The van der Waals surface area contributed by atoms with Crippen LogP contribution in [0.25, 0.3) is 5.65 Å². The van der Waals surface area contributed by atoms with E-state index < -0.39 is 6.43 Å². The van der Waals surface area contributed by atoms with Crippen molar-refractivity contribution in [2.24, 2.45) is 0 Å². The maximum absolute atomic E-state index is 12.6. The lowest BCUT2D eigenvalue weighted by atomic mass is 10.1. The lowest BCUT2D eigenvalue weighted by Gasteiger charge is -2.05. The summed E-state index contributed by atoms with van der Waals surface area (Å²) in [4.78, 5) is 8.48. The standard InChI is InChI=1S/C15H11ClF2N4/c16-13-6-11(15-19-3-4-22(15)21-13)9-5-10(9)12-2-1-8(7-20-12)14(17)18/h1-4,6-7,9-10,14H,5H2/t9-,10-/m0/s1. The van der Waals surface area contributed by atoms with Crippen molar-refractivity contribution in [3.63, 3.8) is 0 Å². The van der Waals surface area contributed by atoms with Gasteiger partial charge < -0.3 is 0 Å². The molecule has 0 bridgehead atoms. The molecule has 1 aliphatic carbocycles. The monoisotopic (exact) mass is 320 g/mol. The quantitative estimate of drug-likeness (QED) is 0.733. The number of aromatic nitrogens is 4. The molecule has 0 aliphatic heterocycles. The summed E-state index contributed by atoms with van der Waals surface area (Å²) in [6.07, 6.45) is 3.09. The first-order chi connectivity index (χ1) is 10.6. The van der Waals surface area contributed by atoms with Gasteiger partial charge in [-0.2, -0.15) is 5.10 Å². The first-order valence-corrected chi connectivity index (χ1v) is 7.25. The van der Waals surface area contributed by atoms with Gasteiger partial charge in [-0.1, -0.05) is 11.6 Å². The van der Waals surface area contributed by atoms with Gasteiger partial charge in [0.05, 0.1) is 0 Å². The van der Waals surface area contributed by atoms with Gasteiger partial charge >= 0.3 is 0 Å². The Morgan fingerprint density at radius 3 is 2.82 bits per heavy atom. The number of alkyl halides is 2. The third kappa shape index (κ3) is 2.23. The van der Waals surface area contributed by atoms with Crippen molar-refractivity contribution in [2.75, 3.05) is 0 Å². The number of imidazole rings is 1. The van der Waals surface area contributed by atoms with Crippen LogP contribution in [0.15, 0.2) is 36.8 Å². The summed E-state index contributed by atoms with van der Waals surface area (Å²) < 4.78 is 26.8. The van der Waals surface area contributed by atoms with Crippen LogP contribution < -0.4 is 0 Å². The largest absolute Gasteiger partial charge is 0.265 e. The van der Waals surface area contributed by atoms with Gasteiger partial charge in [-0.25, -0.2) is 18.3 Å². The highest BCUT2D eigenvalue weighted by Crippen LogP contribution is 2.55. The van der Waals surface area contributed by atoms with Gasteiger partial charge in [-0.15, -0.1) is 0 Å². The normalized spacial score (nSPS) is 20.7. The Bertz CT molecular complexity index is 831. The first kappa shape index (κ1) is 13.6. The highest BCUT2D eigenvalue weighted by molar-refractivity contribution is 6.29. The minimum absolute atomic E-state index is 0.0523. The summed E-state index contributed by atoms with van der Waals surface area (Å²) in [6, 6.07) is 4.94. The van der Waals surface area contributed by atoms with E-state index in [1.165, 1.54) is 12.3 Å². The zero-order chi connectivity index (χ0) is 15.3. The summed E-state index contributed by atoms with van der Waals surface area (Å²) >= 11 is 6.04. The van der Waals surface area contributed by atoms with Crippen LogP contribution >= 0.6 is 11.6 Å². The molecule has 0 radical (unpaired) electrons. The number of fused-ring (bicyclic) bond motifs is 1. The first-order valence-electron chi connectivity index (χ1n) is 6.87. The summed E-state index contributed by atoms with van der Waals surface area (Å²) in [5, 5.41) is 4.57. The highest BCUT2D eigenvalue weighted by Gasteiger charge is 2.42. The number of hydrogen-bond acceptors (Lipinski definition) is 3. The summed E-state index contributed by atoms with van der Waals surface area (Å²) in [7, 11) is 0. The van der Waals surface area contributed by atoms with Crippen LogP contribution in [-0.4, -0.2) is 19.6 Å². The van der Waals surface area contributed by atoms with E-state index >= 15 is 0 Å². The van der Waals surface area contributed by atoms with Crippen LogP contribution in [0, 0.1) is 0 Å². The minimum atomic E-state index is -2.49. The fourth-order valence-corrected chi connectivity index (χ4v) is 3.01. The summed E-state index contributed by atoms with van der Waals surface area (Å²) in [5.41, 5.74) is 2.58. The molecule has 4 nitrogen and oxygen atoms in total. The second-order valence-corrected chi connectivity index (χ2v) is 5.77. The van der Waals surface area contributed by atoms with E-state index in [0.29, 0.717) is 5.15 Å². The SMILES string of the molecule is FC(F)c1ccc([C@H]2C[C@@H]2c2cc(Cl)nn3ccnc23)nc1. The van der Waals surface area contributed by atoms with Crippen molar-refractivity contribution < 1.29 is 8.78 Å². The molecule has 0 N–H and O–H groups in total. The number of pyridine rings is 1. The molecule has 3 aromatic heterocycles. The maximum Gasteiger partial charge on any atom is 0.265 e. The Hall–Kier alpha value is -2.08. The molecule has 4 rings (SSSR count). The van der Waals surface area contributed by atoms with Crippen LogP contribution in [0.2, 0.25) is 5.15 Å². The number of nitrogens with zero attached hydrogens (tertiary/aromatic N) is 4. The molecule has 2 atom stereocenters. The fourth-order valence-electron chi connectivity index (χ4n) is 2.81. The summed E-state index contributed by atoms with van der Waals surface area (Å²) in [6.45, 7) is 0. The zero-order valence-corrected chi connectivity index (χ0v) is 12.1. The van der Waals surface area contributed by atoms with E-state index in [9.17, 15) is 8.78 Å². The lowest BCUT2D eigenvalue weighted by molar-refractivity contribution is 0.151. The Kier molecular flexibility index (Phi) is 3.07. The van der Waals surface area contributed by atoms with Crippen LogP contribution in [0.4, 0.5) is 8.78 Å². The maximum atomic E-state index is 12.6. The molecule has 1 aliphatic rings. The predicted molar refractivity (Wildman–Crippen MR) is 77.3 cm³/mol. The zero-order valence-electron chi connectivity index (χ0n) is 11.3. The Balaban J connectivity index is 1.64. The average molecular weight is 321 g/mol. The second-order valence-electron chi connectivity index (χ2n) is 5.38. The molecule has 0 aromatic carbocycles. The third-order valence-electron chi connectivity index (χ3n) is 3.99.